The van der Waals surface area contributed by atoms with E-state index in [9.17, 15) is 0 Å². The summed E-state index contributed by atoms with van der Waals surface area (Å²) in [4.78, 5) is 6.87. The summed E-state index contributed by atoms with van der Waals surface area (Å²) >= 11 is 0. The third-order valence-corrected chi connectivity index (χ3v) is 4.87. The first-order valence-electron chi connectivity index (χ1n) is 9.44. The molecule has 154 valence electrons. The molecule has 0 bridgehead atoms. The molecule has 6 nitrogen and oxygen atoms in total. The first kappa shape index (κ1) is 23.8. The lowest BCUT2D eigenvalue weighted by molar-refractivity contribution is 0.223. The first-order chi connectivity index (χ1) is 12.4. The first-order valence-corrected chi connectivity index (χ1v) is 9.44. The molecule has 0 radical (unpaired) electrons. The molecule has 1 aromatic carbocycles. The average Bonchev–Trinajstić information content (AvgIpc) is 3.00. The minimum Gasteiger partial charge on any atom is -0.497 e. The maximum atomic E-state index is 5.94. The Morgan fingerprint density at radius 3 is 2.33 bits per heavy atom. The van der Waals surface area contributed by atoms with Crippen LogP contribution in [0.4, 0.5) is 0 Å². The number of aliphatic imine (C=N–C) groups is 1. The van der Waals surface area contributed by atoms with Crippen LogP contribution in [0.1, 0.15) is 27.7 Å². The molecule has 0 amide bonds. The van der Waals surface area contributed by atoms with Crippen LogP contribution in [0.15, 0.2) is 29.3 Å². The maximum absolute atomic E-state index is 5.94. The van der Waals surface area contributed by atoms with Crippen LogP contribution in [0.5, 0.6) is 11.5 Å². The zero-order chi connectivity index (χ0) is 19.1. The van der Waals surface area contributed by atoms with Crippen LogP contribution >= 0.6 is 24.0 Å². The van der Waals surface area contributed by atoms with Crippen LogP contribution in [0, 0.1) is 5.92 Å². The van der Waals surface area contributed by atoms with Crippen molar-refractivity contribution in [1.82, 2.24) is 15.5 Å². The van der Waals surface area contributed by atoms with Crippen molar-refractivity contribution in [3.63, 3.8) is 0 Å². The highest BCUT2D eigenvalue weighted by molar-refractivity contribution is 14.0. The van der Waals surface area contributed by atoms with E-state index in [1.807, 2.05) is 38.2 Å². The normalized spacial score (nSPS) is 21.5. The van der Waals surface area contributed by atoms with Crippen LogP contribution < -0.4 is 20.1 Å². The van der Waals surface area contributed by atoms with Gasteiger partial charge in [0.15, 0.2) is 5.96 Å². The van der Waals surface area contributed by atoms with E-state index in [0.717, 1.165) is 30.5 Å². The van der Waals surface area contributed by atoms with Crippen molar-refractivity contribution in [2.75, 3.05) is 33.8 Å². The molecule has 1 aliphatic rings. The van der Waals surface area contributed by atoms with Crippen LogP contribution in [-0.4, -0.2) is 62.8 Å². The fourth-order valence-electron chi connectivity index (χ4n) is 3.15. The Bertz CT molecular complexity index is 580. The highest BCUT2D eigenvalue weighted by atomic mass is 127. The largest absolute Gasteiger partial charge is 0.497 e. The Kier molecular flexibility index (Phi) is 10.2. The lowest BCUT2D eigenvalue weighted by Crippen LogP contribution is -2.48. The Labute approximate surface area is 181 Å². The van der Waals surface area contributed by atoms with E-state index in [0.29, 0.717) is 24.5 Å². The number of hydrogen-bond acceptors (Lipinski definition) is 4. The number of rotatable bonds is 7. The topological polar surface area (TPSA) is 58.1 Å². The highest BCUT2D eigenvalue weighted by Gasteiger charge is 2.31. The standard InChI is InChI=1S/C20H34N4O2.HI/c1-14(2)24-12-15(3)19(13-24)23-20(21-5)22-11-16(4)26-18-9-7-17(25-6)8-10-18;/h7-10,14-16,19H,11-13H2,1-6H3,(H2,21,22,23);1H. The Morgan fingerprint density at radius 2 is 1.81 bits per heavy atom. The van der Waals surface area contributed by atoms with Crippen LogP contribution in [0.2, 0.25) is 0 Å². The number of benzene rings is 1. The summed E-state index contributed by atoms with van der Waals surface area (Å²) in [5.41, 5.74) is 0. The Hall–Kier alpha value is -1.22. The summed E-state index contributed by atoms with van der Waals surface area (Å²) in [6.07, 6.45) is 0.0232. The zero-order valence-electron chi connectivity index (χ0n) is 17.4. The summed E-state index contributed by atoms with van der Waals surface area (Å²) in [5.74, 6) is 3.09. The van der Waals surface area contributed by atoms with E-state index in [2.05, 4.69) is 41.3 Å². The molecule has 1 saturated heterocycles. The molecule has 1 heterocycles. The van der Waals surface area contributed by atoms with Gasteiger partial charge in [-0.15, -0.1) is 24.0 Å². The lowest BCUT2D eigenvalue weighted by atomic mass is 10.1. The maximum Gasteiger partial charge on any atom is 0.191 e. The van der Waals surface area contributed by atoms with Gasteiger partial charge in [0.05, 0.1) is 13.7 Å². The predicted molar refractivity (Wildman–Crippen MR) is 123 cm³/mol. The number of ether oxygens (including phenoxy) is 2. The summed E-state index contributed by atoms with van der Waals surface area (Å²) in [6, 6.07) is 8.64. The number of likely N-dealkylation sites (tertiary alicyclic amines) is 1. The summed E-state index contributed by atoms with van der Waals surface area (Å²) in [5, 5.41) is 6.93. The second-order valence-corrected chi connectivity index (χ2v) is 7.33. The molecular formula is C20H35IN4O2. The Balaban J connectivity index is 0.00000364. The van der Waals surface area contributed by atoms with Crippen molar-refractivity contribution >= 4 is 29.9 Å². The van der Waals surface area contributed by atoms with Gasteiger partial charge in [-0.3, -0.25) is 9.89 Å². The van der Waals surface area contributed by atoms with E-state index in [1.54, 1.807) is 7.11 Å². The molecule has 3 atom stereocenters. The van der Waals surface area contributed by atoms with Crippen molar-refractivity contribution in [1.29, 1.82) is 0 Å². The molecule has 0 aromatic heterocycles. The molecule has 2 rings (SSSR count). The molecule has 0 spiro atoms. The fraction of sp³-hybridized carbons (Fsp3) is 0.650. The molecule has 7 heteroatoms. The number of nitrogens with one attached hydrogen (secondary N) is 2. The monoisotopic (exact) mass is 490 g/mol. The minimum absolute atomic E-state index is 0. The van der Waals surface area contributed by atoms with Crippen LogP contribution in [-0.2, 0) is 0 Å². The third-order valence-electron chi connectivity index (χ3n) is 4.87. The van der Waals surface area contributed by atoms with Gasteiger partial charge in [-0.05, 0) is 51.0 Å². The number of methoxy groups -OCH3 is 1. The van der Waals surface area contributed by atoms with Gasteiger partial charge in [0, 0.05) is 32.2 Å². The smallest absolute Gasteiger partial charge is 0.191 e. The van der Waals surface area contributed by atoms with E-state index in [4.69, 9.17) is 9.47 Å². The summed E-state index contributed by atoms with van der Waals surface area (Å²) < 4.78 is 11.1. The van der Waals surface area contributed by atoms with Crippen molar-refractivity contribution in [2.45, 2.75) is 45.9 Å². The minimum atomic E-state index is 0. The van der Waals surface area contributed by atoms with Gasteiger partial charge in [-0.2, -0.15) is 0 Å². The molecule has 3 unspecified atom stereocenters. The second-order valence-electron chi connectivity index (χ2n) is 7.33. The predicted octanol–water partition coefficient (Wildman–Crippen LogP) is 2.97. The molecule has 0 aliphatic carbocycles. The fourth-order valence-corrected chi connectivity index (χ4v) is 3.15. The number of hydrogen-bond donors (Lipinski definition) is 2. The molecule has 27 heavy (non-hydrogen) atoms. The molecule has 1 fully saturated rings. The number of guanidine groups is 1. The van der Waals surface area contributed by atoms with Gasteiger partial charge in [0.25, 0.3) is 0 Å². The van der Waals surface area contributed by atoms with Gasteiger partial charge >= 0.3 is 0 Å². The van der Waals surface area contributed by atoms with Crippen molar-refractivity contribution < 1.29 is 9.47 Å². The van der Waals surface area contributed by atoms with Gasteiger partial charge in [0.1, 0.15) is 17.6 Å². The Morgan fingerprint density at radius 1 is 1.19 bits per heavy atom. The molecular weight excluding hydrogens is 455 g/mol. The van der Waals surface area contributed by atoms with Crippen LogP contribution in [0.3, 0.4) is 0 Å². The van der Waals surface area contributed by atoms with E-state index in [1.165, 1.54) is 0 Å². The molecule has 2 N–H and O–H groups in total. The lowest BCUT2D eigenvalue weighted by Gasteiger charge is -2.23. The van der Waals surface area contributed by atoms with Crippen molar-refractivity contribution in [2.24, 2.45) is 10.9 Å². The van der Waals surface area contributed by atoms with Crippen molar-refractivity contribution in [3.05, 3.63) is 24.3 Å². The number of halogens is 1. The molecule has 1 aliphatic heterocycles. The summed E-state index contributed by atoms with van der Waals surface area (Å²) in [6.45, 7) is 11.7. The summed E-state index contributed by atoms with van der Waals surface area (Å²) in [7, 11) is 3.47. The average molecular weight is 490 g/mol. The zero-order valence-corrected chi connectivity index (χ0v) is 19.7. The van der Waals surface area contributed by atoms with Crippen LogP contribution in [0.25, 0.3) is 0 Å². The molecule has 1 aromatic rings. The van der Waals surface area contributed by atoms with E-state index < -0.39 is 0 Å². The highest BCUT2D eigenvalue weighted by Crippen LogP contribution is 2.19. The SMILES string of the molecule is CN=C(NCC(C)Oc1ccc(OC)cc1)NC1CN(C(C)C)CC1C.I. The van der Waals surface area contributed by atoms with E-state index in [-0.39, 0.29) is 30.1 Å². The second kappa shape index (κ2) is 11.6. The van der Waals surface area contributed by atoms with Gasteiger partial charge < -0.3 is 20.1 Å². The van der Waals surface area contributed by atoms with Gasteiger partial charge in [-0.25, -0.2) is 0 Å². The van der Waals surface area contributed by atoms with E-state index >= 15 is 0 Å². The molecule has 0 saturated carbocycles. The van der Waals surface area contributed by atoms with Gasteiger partial charge in [0.2, 0.25) is 0 Å². The van der Waals surface area contributed by atoms with Gasteiger partial charge in [-0.1, -0.05) is 6.92 Å². The number of nitrogens with zero attached hydrogens (tertiary/aromatic N) is 2. The quantitative estimate of drug-likeness (QED) is 0.350. The van der Waals surface area contributed by atoms with Crippen molar-refractivity contribution in [3.8, 4) is 11.5 Å². The third kappa shape index (κ3) is 7.37.